The van der Waals surface area contributed by atoms with E-state index in [1.54, 1.807) is 6.20 Å². The highest BCUT2D eigenvalue weighted by molar-refractivity contribution is 6.30. The minimum atomic E-state index is -0.626. The maximum atomic E-state index is 13.2. The zero-order valence-corrected chi connectivity index (χ0v) is 19.9. The molecule has 3 heterocycles. The van der Waals surface area contributed by atoms with Crippen LogP contribution in [0.5, 0.6) is 0 Å². The smallest absolute Gasteiger partial charge is 0.253 e. The van der Waals surface area contributed by atoms with Gasteiger partial charge < -0.3 is 15.5 Å². The molecule has 2 bridgehead atoms. The van der Waals surface area contributed by atoms with Gasteiger partial charge in [-0.1, -0.05) is 23.7 Å². The Kier molecular flexibility index (Phi) is 5.81. The molecule has 33 heavy (non-hydrogen) atoms. The van der Waals surface area contributed by atoms with Crippen LogP contribution in [0, 0.1) is 0 Å². The van der Waals surface area contributed by atoms with Crippen molar-refractivity contribution in [1.29, 1.82) is 0 Å². The number of nitrogens with one attached hydrogen (secondary N) is 2. The van der Waals surface area contributed by atoms with Crippen LogP contribution in [0.3, 0.4) is 0 Å². The van der Waals surface area contributed by atoms with E-state index in [1.807, 2.05) is 50.2 Å². The second kappa shape index (κ2) is 8.64. The molecule has 6 nitrogen and oxygen atoms in total. The molecule has 1 aromatic carbocycles. The number of nitrogens with zero attached hydrogens (tertiary/aromatic N) is 2. The predicted octanol–water partition coefficient (Wildman–Crippen LogP) is 4.22. The summed E-state index contributed by atoms with van der Waals surface area (Å²) in [4.78, 5) is 32.5. The molecule has 5 rings (SSSR count). The molecule has 0 radical (unpaired) electrons. The molecule has 1 aromatic heterocycles. The van der Waals surface area contributed by atoms with Crippen LogP contribution >= 0.6 is 11.6 Å². The minimum absolute atomic E-state index is 0.0377. The summed E-state index contributed by atoms with van der Waals surface area (Å²) in [5, 5.41) is 7.00. The third-order valence-corrected chi connectivity index (χ3v) is 7.64. The monoisotopic (exact) mass is 466 g/mol. The number of anilines is 1. The van der Waals surface area contributed by atoms with Gasteiger partial charge in [-0.15, -0.1) is 0 Å². The standard InChI is InChI=1S/C26H31ClN4O2/c1-26(2,17-4-6-18(27)7-5-17)25(33)30-20-13-21-10-11-22(14-20)31(21)23-12-3-16(15-28-23)24(32)29-19-8-9-19/h3-7,12,15,19-22H,8-11,13-14H2,1-2H3,(H,29,32)(H,30,33). The quantitative estimate of drug-likeness (QED) is 0.668. The van der Waals surface area contributed by atoms with E-state index in [0.29, 0.717) is 28.7 Å². The van der Waals surface area contributed by atoms with Crippen molar-refractivity contribution in [3.8, 4) is 0 Å². The molecule has 2 amide bonds. The second-order valence-corrected chi connectivity index (χ2v) is 10.7. The van der Waals surface area contributed by atoms with Gasteiger partial charge in [0.15, 0.2) is 0 Å². The van der Waals surface area contributed by atoms with E-state index >= 15 is 0 Å². The number of piperidine rings is 1. The average molecular weight is 467 g/mol. The first kappa shape index (κ1) is 22.2. The van der Waals surface area contributed by atoms with Crippen molar-refractivity contribution >= 4 is 29.2 Å². The van der Waals surface area contributed by atoms with Crippen molar-refractivity contribution in [1.82, 2.24) is 15.6 Å². The molecule has 3 aliphatic rings. The lowest BCUT2D eigenvalue weighted by Gasteiger charge is -2.41. The summed E-state index contributed by atoms with van der Waals surface area (Å²) in [5.41, 5.74) is 0.948. The molecular formula is C26H31ClN4O2. The molecule has 2 aliphatic heterocycles. The Morgan fingerprint density at radius 2 is 1.61 bits per heavy atom. The fourth-order valence-corrected chi connectivity index (χ4v) is 5.33. The van der Waals surface area contributed by atoms with Gasteiger partial charge >= 0.3 is 0 Å². The van der Waals surface area contributed by atoms with Gasteiger partial charge in [-0.3, -0.25) is 9.59 Å². The Morgan fingerprint density at radius 1 is 0.939 bits per heavy atom. The van der Waals surface area contributed by atoms with Gasteiger partial charge in [0, 0.05) is 35.4 Å². The van der Waals surface area contributed by atoms with Gasteiger partial charge in [-0.25, -0.2) is 4.98 Å². The maximum absolute atomic E-state index is 13.2. The van der Waals surface area contributed by atoms with E-state index in [4.69, 9.17) is 11.6 Å². The molecule has 2 atom stereocenters. The Bertz CT molecular complexity index is 1020. The molecule has 1 saturated carbocycles. The lowest BCUT2D eigenvalue weighted by Crippen LogP contribution is -2.53. The van der Waals surface area contributed by atoms with Crippen LogP contribution in [0.15, 0.2) is 42.6 Å². The zero-order chi connectivity index (χ0) is 23.2. The van der Waals surface area contributed by atoms with Crippen molar-refractivity contribution in [3.63, 3.8) is 0 Å². The summed E-state index contributed by atoms with van der Waals surface area (Å²) in [6.45, 7) is 3.92. The normalized spacial score (nSPS) is 24.5. The molecule has 2 saturated heterocycles. The number of hydrogen-bond acceptors (Lipinski definition) is 4. The number of amides is 2. The van der Waals surface area contributed by atoms with Crippen LogP contribution in [0.4, 0.5) is 5.82 Å². The number of carbonyl (C=O) groups is 2. The zero-order valence-electron chi connectivity index (χ0n) is 19.2. The Morgan fingerprint density at radius 3 is 2.18 bits per heavy atom. The fraction of sp³-hybridized carbons (Fsp3) is 0.500. The minimum Gasteiger partial charge on any atom is -0.352 e. The molecular weight excluding hydrogens is 436 g/mol. The fourth-order valence-electron chi connectivity index (χ4n) is 5.20. The van der Waals surface area contributed by atoms with Crippen molar-refractivity contribution in [2.75, 3.05) is 4.90 Å². The highest BCUT2D eigenvalue weighted by atomic mass is 35.5. The van der Waals surface area contributed by atoms with Gasteiger partial charge in [-0.05, 0) is 82.2 Å². The first-order valence-corrected chi connectivity index (χ1v) is 12.3. The molecule has 174 valence electrons. The molecule has 0 spiro atoms. The largest absolute Gasteiger partial charge is 0.352 e. The van der Waals surface area contributed by atoms with E-state index < -0.39 is 5.41 Å². The van der Waals surface area contributed by atoms with Gasteiger partial charge in [0.1, 0.15) is 5.82 Å². The Labute approximate surface area is 200 Å². The maximum Gasteiger partial charge on any atom is 0.253 e. The van der Waals surface area contributed by atoms with Crippen LogP contribution in [0.1, 0.15) is 68.3 Å². The molecule has 2 N–H and O–H groups in total. The Hall–Kier alpha value is -2.60. The molecule has 2 aromatic rings. The number of rotatable bonds is 6. The molecule has 3 fully saturated rings. The number of carbonyl (C=O) groups excluding carboxylic acids is 2. The molecule has 7 heteroatoms. The van der Waals surface area contributed by atoms with Gasteiger partial charge in [0.25, 0.3) is 5.91 Å². The van der Waals surface area contributed by atoms with Crippen LogP contribution in [-0.4, -0.2) is 41.0 Å². The van der Waals surface area contributed by atoms with E-state index in [0.717, 1.165) is 49.9 Å². The van der Waals surface area contributed by atoms with Crippen molar-refractivity contribution in [3.05, 3.63) is 58.7 Å². The number of hydrogen-bond donors (Lipinski definition) is 2. The Balaban J connectivity index is 1.22. The number of aromatic nitrogens is 1. The summed E-state index contributed by atoms with van der Waals surface area (Å²) >= 11 is 6.02. The summed E-state index contributed by atoms with van der Waals surface area (Å²) < 4.78 is 0. The third kappa shape index (κ3) is 4.58. The highest BCUT2D eigenvalue weighted by Gasteiger charge is 2.43. The summed E-state index contributed by atoms with van der Waals surface area (Å²) in [7, 11) is 0. The summed E-state index contributed by atoms with van der Waals surface area (Å²) in [5.74, 6) is 0.938. The number of halogens is 1. The number of pyridine rings is 1. The molecule has 1 aliphatic carbocycles. The SMILES string of the molecule is CC(C)(C(=O)NC1CC2CCC(C1)N2c1ccc(C(=O)NC2CC2)cn1)c1ccc(Cl)cc1. The number of benzene rings is 1. The average Bonchev–Trinajstić information content (AvgIpc) is 3.57. The summed E-state index contributed by atoms with van der Waals surface area (Å²) in [6, 6.07) is 12.6. The molecule has 2 unspecified atom stereocenters. The first-order valence-electron chi connectivity index (χ1n) is 11.9. The van der Waals surface area contributed by atoms with Crippen molar-refractivity contribution in [2.45, 2.75) is 82.0 Å². The van der Waals surface area contributed by atoms with Crippen LogP contribution in [0.2, 0.25) is 5.02 Å². The summed E-state index contributed by atoms with van der Waals surface area (Å²) in [6.07, 6.45) is 7.85. The van der Waals surface area contributed by atoms with E-state index in [1.165, 1.54) is 0 Å². The van der Waals surface area contributed by atoms with Gasteiger partial charge in [0.05, 0.1) is 11.0 Å². The highest BCUT2D eigenvalue weighted by Crippen LogP contribution is 2.39. The van der Waals surface area contributed by atoms with E-state index in [9.17, 15) is 9.59 Å². The van der Waals surface area contributed by atoms with Gasteiger partial charge in [-0.2, -0.15) is 0 Å². The lowest BCUT2D eigenvalue weighted by molar-refractivity contribution is -0.126. The number of fused-ring (bicyclic) bond motifs is 2. The third-order valence-electron chi connectivity index (χ3n) is 7.39. The van der Waals surface area contributed by atoms with E-state index in [2.05, 4.69) is 20.5 Å². The van der Waals surface area contributed by atoms with Crippen LogP contribution in [-0.2, 0) is 10.2 Å². The topological polar surface area (TPSA) is 74.3 Å². The van der Waals surface area contributed by atoms with Crippen LogP contribution < -0.4 is 15.5 Å². The van der Waals surface area contributed by atoms with Crippen molar-refractivity contribution in [2.24, 2.45) is 0 Å². The van der Waals surface area contributed by atoms with E-state index in [-0.39, 0.29) is 17.9 Å². The predicted molar refractivity (Wildman–Crippen MR) is 130 cm³/mol. The van der Waals surface area contributed by atoms with Crippen LogP contribution in [0.25, 0.3) is 0 Å². The van der Waals surface area contributed by atoms with Gasteiger partial charge in [0.2, 0.25) is 5.91 Å². The first-order chi connectivity index (χ1) is 15.8. The lowest BCUT2D eigenvalue weighted by atomic mass is 9.83. The second-order valence-electron chi connectivity index (χ2n) is 10.2. The van der Waals surface area contributed by atoms with Crippen molar-refractivity contribution < 1.29 is 9.59 Å².